The largest absolute Gasteiger partial charge is 0.371 e. The maximum absolute atomic E-state index is 11.4. The number of benzene rings is 1. The van der Waals surface area contributed by atoms with Crippen LogP contribution < -0.4 is 0 Å². The lowest BCUT2D eigenvalue weighted by atomic mass is 10.1. The average molecular weight is 379 g/mol. The fraction of sp³-hybridized carbons (Fsp3) is 0.294. The van der Waals surface area contributed by atoms with E-state index in [2.05, 4.69) is 14.9 Å². The summed E-state index contributed by atoms with van der Waals surface area (Å²) in [5.74, 6) is 0.377. The van der Waals surface area contributed by atoms with Crippen LogP contribution in [0.25, 0.3) is 11.8 Å². The Kier molecular flexibility index (Phi) is 5.20. The Hall–Kier alpha value is -2.18. The van der Waals surface area contributed by atoms with E-state index in [1.54, 1.807) is 19.1 Å². The standard InChI is InChI=1S/C17H16Cl2N4O2/c1-11-20-14(16(23(24)25)17(19)21-11)10-15(22-8-4-5-9-22)12-6-2-3-7-13(12)18/h2-3,6-7,10H,4-5,8-9H2,1H3/b15-10-. The first kappa shape index (κ1) is 17.6. The van der Waals surface area contributed by atoms with E-state index in [4.69, 9.17) is 23.2 Å². The first-order valence-electron chi connectivity index (χ1n) is 7.87. The van der Waals surface area contributed by atoms with Gasteiger partial charge in [-0.25, -0.2) is 9.97 Å². The van der Waals surface area contributed by atoms with E-state index in [1.807, 2.05) is 18.2 Å². The fourth-order valence-electron chi connectivity index (χ4n) is 2.92. The summed E-state index contributed by atoms with van der Waals surface area (Å²) >= 11 is 12.4. The van der Waals surface area contributed by atoms with Gasteiger partial charge in [-0.1, -0.05) is 41.4 Å². The molecule has 0 radical (unpaired) electrons. The third kappa shape index (κ3) is 3.75. The van der Waals surface area contributed by atoms with Crippen molar-refractivity contribution in [2.45, 2.75) is 19.8 Å². The van der Waals surface area contributed by atoms with Crippen molar-refractivity contribution in [2.24, 2.45) is 0 Å². The van der Waals surface area contributed by atoms with Crippen molar-refractivity contribution in [1.29, 1.82) is 0 Å². The van der Waals surface area contributed by atoms with Gasteiger partial charge in [0.2, 0.25) is 5.15 Å². The first-order chi connectivity index (χ1) is 12.0. The maximum Gasteiger partial charge on any atom is 0.331 e. The number of aromatic nitrogens is 2. The van der Waals surface area contributed by atoms with Crippen LogP contribution in [-0.2, 0) is 0 Å². The van der Waals surface area contributed by atoms with Crippen LogP contribution in [0.3, 0.4) is 0 Å². The zero-order valence-corrected chi connectivity index (χ0v) is 15.1. The summed E-state index contributed by atoms with van der Waals surface area (Å²) in [5, 5.41) is 11.9. The van der Waals surface area contributed by atoms with Crippen molar-refractivity contribution >= 4 is 40.7 Å². The molecule has 1 aromatic carbocycles. The van der Waals surface area contributed by atoms with E-state index in [0.717, 1.165) is 37.2 Å². The molecule has 0 amide bonds. The predicted octanol–water partition coefficient (Wildman–Crippen LogP) is 4.59. The summed E-state index contributed by atoms with van der Waals surface area (Å²) in [4.78, 5) is 21.2. The van der Waals surface area contributed by atoms with Gasteiger partial charge in [0.05, 0.1) is 4.92 Å². The third-order valence-electron chi connectivity index (χ3n) is 4.03. The van der Waals surface area contributed by atoms with Crippen LogP contribution in [0.2, 0.25) is 10.2 Å². The second-order valence-corrected chi connectivity index (χ2v) is 6.52. The van der Waals surface area contributed by atoms with Gasteiger partial charge < -0.3 is 4.90 Å². The molecule has 0 aliphatic carbocycles. The second-order valence-electron chi connectivity index (χ2n) is 5.76. The van der Waals surface area contributed by atoms with Crippen LogP contribution in [0.4, 0.5) is 5.69 Å². The van der Waals surface area contributed by atoms with E-state index in [9.17, 15) is 10.1 Å². The lowest BCUT2D eigenvalue weighted by Gasteiger charge is -2.22. The van der Waals surface area contributed by atoms with Crippen molar-refractivity contribution in [3.63, 3.8) is 0 Å². The van der Waals surface area contributed by atoms with E-state index in [1.165, 1.54) is 0 Å². The topological polar surface area (TPSA) is 72.2 Å². The Labute approximate surface area is 155 Å². The molecule has 0 atom stereocenters. The molecule has 1 saturated heterocycles. The minimum atomic E-state index is -0.554. The number of likely N-dealkylation sites (tertiary alicyclic amines) is 1. The van der Waals surface area contributed by atoms with Gasteiger partial charge in [0.15, 0.2) is 0 Å². The molecule has 6 nitrogen and oxygen atoms in total. The fourth-order valence-corrected chi connectivity index (χ4v) is 3.44. The summed E-state index contributed by atoms with van der Waals surface area (Å²) < 4.78 is 0. The highest BCUT2D eigenvalue weighted by molar-refractivity contribution is 6.32. The zero-order chi connectivity index (χ0) is 18.0. The molecule has 130 valence electrons. The van der Waals surface area contributed by atoms with E-state index in [0.29, 0.717) is 10.8 Å². The molecule has 25 heavy (non-hydrogen) atoms. The highest BCUT2D eigenvalue weighted by Crippen LogP contribution is 2.34. The summed E-state index contributed by atoms with van der Waals surface area (Å²) in [7, 11) is 0. The summed E-state index contributed by atoms with van der Waals surface area (Å²) in [6.07, 6.45) is 3.81. The smallest absolute Gasteiger partial charge is 0.331 e. The second kappa shape index (κ2) is 7.37. The maximum atomic E-state index is 11.4. The minimum Gasteiger partial charge on any atom is -0.371 e. The molecule has 8 heteroatoms. The van der Waals surface area contributed by atoms with Gasteiger partial charge in [-0.2, -0.15) is 0 Å². The Morgan fingerprint density at radius 1 is 1.24 bits per heavy atom. The molecule has 0 spiro atoms. The number of halogens is 2. The monoisotopic (exact) mass is 378 g/mol. The molecule has 0 N–H and O–H groups in total. The SMILES string of the molecule is Cc1nc(Cl)c([N+](=O)[O-])c(/C=C(/c2ccccc2Cl)N2CCCC2)n1. The number of rotatable bonds is 4. The van der Waals surface area contributed by atoms with Gasteiger partial charge in [0, 0.05) is 29.4 Å². The van der Waals surface area contributed by atoms with Crippen molar-refractivity contribution in [1.82, 2.24) is 14.9 Å². The van der Waals surface area contributed by atoms with Gasteiger partial charge in [0.25, 0.3) is 0 Å². The van der Waals surface area contributed by atoms with Gasteiger partial charge in [-0.15, -0.1) is 0 Å². The van der Waals surface area contributed by atoms with Crippen molar-refractivity contribution in [3.05, 3.63) is 61.6 Å². The summed E-state index contributed by atoms with van der Waals surface area (Å²) in [6.45, 7) is 3.38. The molecule has 3 rings (SSSR count). The molecule has 0 saturated carbocycles. The molecule has 0 bridgehead atoms. The zero-order valence-electron chi connectivity index (χ0n) is 13.6. The number of aryl methyl sites for hydroxylation is 1. The predicted molar refractivity (Wildman–Crippen MR) is 98.6 cm³/mol. The van der Waals surface area contributed by atoms with Gasteiger partial charge in [0.1, 0.15) is 11.5 Å². The normalized spacial score (nSPS) is 14.8. The van der Waals surface area contributed by atoms with Crippen LogP contribution in [0.15, 0.2) is 24.3 Å². The molecule has 1 aliphatic rings. The molecule has 2 heterocycles. The lowest BCUT2D eigenvalue weighted by Crippen LogP contribution is -2.18. The Morgan fingerprint density at radius 3 is 2.56 bits per heavy atom. The molecule has 1 fully saturated rings. The molecule has 0 unspecified atom stereocenters. The average Bonchev–Trinajstić information content (AvgIpc) is 3.06. The van der Waals surface area contributed by atoms with Crippen molar-refractivity contribution in [2.75, 3.05) is 13.1 Å². The number of nitrogens with zero attached hydrogens (tertiary/aromatic N) is 4. The molecule has 1 aliphatic heterocycles. The molecule has 2 aromatic rings. The number of nitro groups is 1. The number of hydrogen-bond donors (Lipinski definition) is 0. The minimum absolute atomic E-state index is 0.163. The van der Waals surface area contributed by atoms with Crippen LogP contribution >= 0.6 is 23.2 Å². The van der Waals surface area contributed by atoms with Gasteiger partial charge >= 0.3 is 5.69 Å². The van der Waals surface area contributed by atoms with Crippen molar-refractivity contribution in [3.8, 4) is 0 Å². The highest BCUT2D eigenvalue weighted by Gasteiger charge is 2.24. The van der Waals surface area contributed by atoms with Crippen LogP contribution in [0.5, 0.6) is 0 Å². The first-order valence-corrected chi connectivity index (χ1v) is 8.63. The van der Waals surface area contributed by atoms with E-state index in [-0.39, 0.29) is 16.5 Å². The Morgan fingerprint density at radius 2 is 1.92 bits per heavy atom. The third-order valence-corrected chi connectivity index (χ3v) is 4.63. The highest BCUT2D eigenvalue weighted by atomic mass is 35.5. The summed E-state index contributed by atoms with van der Waals surface area (Å²) in [5.41, 5.74) is 1.51. The number of hydrogen-bond acceptors (Lipinski definition) is 5. The molecule has 1 aromatic heterocycles. The lowest BCUT2D eigenvalue weighted by molar-refractivity contribution is -0.385. The van der Waals surface area contributed by atoms with Gasteiger partial charge in [-0.05, 0) is 31.9 Å². The van der Waals surface area contributed by atoms with Crippen LogP contribution in [-0.4, -0.2) is 32.9 Å². The van der Waals surface area contributed by atoms with Crippen LogP contribution in [0, 0.1) is 17.0 Å². The van der Waals surface area contributed by atoms with Crippen molar-refractivity contribution < 1.29 is 4.92 Å². The Balaban J connectivity index is 2.20. The summed E-state index contributed by atoms with van der Waals surface area (Å²) in [6, 6.07) is 7.43. The quantitative estimate of drug-likeness (QED) is 0.441. The van der Waals surface area contributed by atoms with Crippen LogP contribution in [0.1, 0.15) is 29.9 Å². The molecular formula is C17H16Cl2N4O2. The van der Waals surface area contributed by atoms with Gasteiger partial charge in [-0.3, -0.25) is 10.1 Å². The van der Waals surface area contributed by atoms with E-state index >= 15 is 0 Å². The van der Waals surface area contributed by atoms with E-state index < -0.39 is 4.92 Å². The molecular weight excluding hydrogens is 363 g/mol. The Bertz CT molecular complexity index is 849.